The van der Waals surface area contributed by atoms with Gasteiger partial charge in [0.1, 0.15) is 5.75 Å². The smallest absolute Gasteiger partial charge is 0.271 e. The van der Waals surface area contributed by atoms with Gasteiger partial charge in [-0.25, -0.2) is 0 Å². The Morgan fingerprint density at radius 2 is 2.17 bits per heavy atom. The summed E-state index contributed by atoms with van der Waals surface area (Å²) in [5.74, 6) is 0.295. The van der Waals surface area contributed by atoms with Crippen LogP contribution in [0.3, 0.4) is 0 Å². The standard InChI is InChI=1S/C17H25ClN2O3/c1-12(19-14-6-7-14)13-5-8-15(17(21)20(2)18)16(11-13)23-10-4-9-22-3/h5,8,11-12,14,19H,4,6-7,9-10H2,1-3H3. The molecule has 0 saturated heterocycles. The minimum absolute atomic E-state index is 0.224. The van der Waals surface area contributed by atoms with Gasteiger partial charge in [0.15, 0.2) is 0 Å². The van der Waals surface area contributed by atoms with E-state index in [9.17, 15) is 4.79 Å². The predicted molar refractivity (Wildman–Crippen MR) is 90.9 cm³/mol. The topological polar surface area (TPSA) is 50.8 Å². The monoisotopic (exact) mass is 340 g/mol. The Hall–Kier alpha value is -1.30. The Labute approximate surface area is 143 Å². The van der Waals surface area contributed by atoms with Crippen molar-refractivity contribution in [3.05, 3.63) is 29.3 Å². The highest BCUT2D eigenvalue weighted by Crippen LogP contribution is 2.28. The van der Waals surface area contributed by atoms with Crippen LogP contribution in [0.1, 0.15) is 48.1 Å². The Kier molecular flexibility index (Phi) is 6.69. The summed E-state index contributed by atoms with van der Waals surface area (Å²) < 4.78 is 11.9. The van der Waals surface area contributed by atoms with E-state index in [1.807, 2.05) is 12.1 Å². The normalized spacial score (nSPS) is 15.3. The molecule has 1 N–H and O–H groups in total. The van der Waals surface area contributed by atoms with Crippen molar-refractivity contribution in [2.75, 3.05) is 27.4 Å². The van der Waals surface area contributed by atoms with Gasteiger partial charge in [0, 0.05) is 51.0 Å². The average Bonchev–Trinajstić information content (AvgIpc) is 3.34. The van der Waals surface area contributed by atoms with E-state index in [4.69, 9.17) is 21.3 Å². The Morgan fingerprint density at radius 3 is 2.78 bits per heavy atom. The maximum Gasteiger partial charge on any atom is 0.271 e. The maximum absolute atomic E-state index is 12.2. The van der Waals surface area contributed by atoms with Crippen molar-refractivity contribution in [1.29, 1.82) is 0 Å². The summed E-state index contributed by atoms with van der Waals surface area (Å²) in [5.41, 5.74) is 1.58. The molecule has 2 rings (SSSR count). The lowest BCUT2D eigenvalue weighted by Gasteiger charge is -2.18. The van der Waals surface area contributed by atoms with Crippen molar-refractivity contribution < 1.29 is 14.3 Å². The molecule has 0 bridgehead atoms. The minimum Gasteiger partial charge on any atom is -0.493 e. The first kappa shape index (κ1) is 18.0. The lowest BCUT2D eigenvalue weighted by molar-refractivity contribution is 0.0880. The third-order valence-electron chi connectivity index (χ3n) is 3.83. The largest absolute Gasteiger partial charge is 0.493 e. The molecule has 1 fully saturated rings. The van der Waals surface area contributed by atoms with Crippen LogP contribution in [0.5, 0.6) is 5.75 Å². The summed E-state index contributed by atoms with van der Waals surface area (Å²) in [4.78, 5) is 12.2. The van der Waals surface area contributed by atoms with Crippen LogP contribution in [0.25, 0.3) is 0 Å². The summed E-state index contributed by atoms with van der Waals surface area (Å²) in [7, 11) is 3.17. The number of amides is 1. The number of nitrogens with zero attached hydrogens (tertiary/aromatic N) is 1. The van der Waals surface area contributed by atoms with Gasteiger partial charge < -0.3 is 14.8 Å². The molecule has 1 aliphatic carbocycles. The SMILES string of the molecule is COCCCOc1cc(C(C)NC2CC2)ccc1C(=O)N(C)Cl. The van der Waals surface area contributed by atoms with Crippen LogP contribution < -0.4 is 10.1 Å². The van der Waals surface area contributed by atoms with E-state index < -0.39 is 0 Å². The van der Waals surface area contributed by atoms with Gasteiger partial charge in [-0.1, -0.05) is 6.07 Å². The molecule has 128 valence electrons. The van der Waals surface area contributed by atoms with Crippen molar-refractivity contribution in [2.24, 2.45) is 0 Å². The number of hydrogen-bond acceptors (Lipinski definition) is 4. The van der Waals surface area contributed by atoms with E-state index in [0.29, 0.717) is 30.6 Å². The Balaban J connectivity index is 2.14. The zero-order valence-electron chi connectivity index (χ0n) is 14.0. The first-order chi connectivity index (χ1) is 11.0. The molecule has 0 heterocycles. The van der Waals surface area contributed by atoms with Gasteiger partial charge in [-0.3, -0.25) is 9.21 Å². The molecule has 1 aromatic rings. The lowest BCUT2D eigenvalue weighted by Crippen LogP contribution is -2.22. The number of methoxy groups -OCH3 is 1. The molecule has 1 aromatic carbocycles. The second-order valence-corrected chi connectivity index (χ2v) is 6.40. The second-order valence-electron chi connectivity index (χ2n) is 5.90. The fourth-order valence-corrected chi connectivity index (χ4v) is 2.45. The third-order valence-corrected chi connectivity index (χ3v) is 3.98. The van der Waals surface area contributed by atoms with Crippen LogP contribution in [-0.2, 0) is 4.74 Å². The van der Waals surface area contributed by atoms with Crippen molar-refractivity contribution >= 4 is 17.7 Å². The predicted octanol–water partition coefficient (Wildman–Crippen LogP) is 3.14. The van der Waals surface area contributed by atoms with Crippen LogP contribution in [0.15, 0.2) is 18.2 Å². The van der Waals surface area contributed by atoms with Crippen molar-refractivity contribution in [3.63, 3.8) is 0 Å². The summed E-state index contributed by atoms with van der Waals surface area (Å²) in [6.07, 6.45) is 3.23. The van der Waals surface area contributed by atoms with Gasteiger partial charge in [-0.2, -0.15) is 0 Å². The summed E-state index contributed by atoms with van der Waals surface area (Å²) >= 11 is 5.79. The van der Waals surface area contributed by atoms with Crippen molar-refractivity contribution in [2.45, 2.75) is 38.3 Å². The van der Waals surface area contributed by atoms with Crippen LogP contribution in [0.2, 0.25) is 0 Å². The van der Waals surface area contributed by atoms with E-state index in [1.165, 1.54) is 19.9 Å². The second kappa shape index (κ2) is 8.52. The van der Waals surface area contributed by atoms with Crippen LogP contribution >= 0.6 is 11.8 Å². The summed E-state index contributed by atoms with van der Waals surface area (Å²) in [6, 6.07) is 6.51. The molecule has 0 aliphatic heterocycles. The Morgan fingerprint density at radius 1 is 1.43 bits per heavy atom. The molecular weight excluding hydrogens is 316 g/mol. The van der Waals surface area contributed by atoms with Gasteiger partial charge in [-0.05, 0) is 37.5 Å². The zero-order valence-corrected chi connectivity index (χ0v) is 14.7. The number of ether oxygens (including phenoxy) is 2. The molecule has 1 unspecified atom stereocenters. The van der Waals surface area contributed by atoms with E-state index in [-0.39, 0.29) is 11.9 Å². The van der Waals surface area contributed by atoms with Gasteiger partial charge in [0.25, 0.3) is 5.91 Å². The van der Waals surface area contributed by atoms with E-state index in [1.54, 1.807) is 13.2 Å². The molecule has 1 saturated carbocycles. The first-order valence-corrected chi connectivity index (χ1v) is 8.32. The molecule has 0 spiro atoms. The number of carbonyl (C=O) groups is 1. The maximum atomic E-state index is 12.2. The number of benzene rings is 1. The van der Waals surface area contributed by atoms with Crippen molar-refractivity contribution in [3.8, 4) is 5.75 Å². The molecular formula is C17H25ClN2O3. The van der Waals surface area contributed by atoms with Crippen molar-refractivity contribution in [1.82, 2.24) is 9.74 Å². The van der Waals surface area contributed by atoms with E-state index in [2.05, 4.69) is 12.2 Å². The number of halogens is 1. The highest BCUT2D eigenvalue weighted by molar-refractivity contribution is 6.24. The van der Waals surface area contributed by atoms with Gasteiger partial charge in [0.2, 0.25) is 0 Å². The zero-order chi connectivity index (χ0) is 16.8. The molecule has 1 amide bonds. The number of carbonyl (C=O) groups excluding carboxylic acids is 1. The average molecular weight is 341 g/mol. The summed E-state index contributed by atoms with van der Waals surface area (Å²) in [5, 5.41) is 3.55. The number of rotatable bonds is 9. The van der Waals surface area contributed by atoms with E-state index >= 15 is 0 Å². The van der Waals surface area contributed by atoms with Crippen LogP contribution in [0.4, 0.5) is 0 Å². The quantitative estimate of drug-likeness (QED) is 0.554. The first-order valence-electron chi connectivity index (χ1n) is 7.98. The number of nitrogens with one attached hydrogen (secondary N) is 1. The Bertz CT molecular complexity index is 533. The van der Waals surface area contributed by atoms with Crippen LogP contribution in [-0.4, -0.2) is 43.7 Å². The third kappa shape index (κ3) is 5.37. The molecule has 6 heteroatoms. The summed E-state index contributed by atoms with van der Waals surface area (Å²) in [6.45, 7) is 3.24. The van der Waals surface area contributed by atoms with Gasteiger partial charge in [0.05, 0.1) is 12.2 Å². The lowest BCUT2D eigenvalue weighted by atomic mass is 10.0. The molecule has 23 heavy (non-hydrogen) atoms. The van der Waals surface area contributed by atoms with Gasteiger partial charge >= 0.3 is 0 Å². The molecule has 1 atom stereocenters. The fraction of sp³-hybridized carbons (Fsp3) is 0.588. The van der Waals surface area contributed by atoms with Gasteiger partial charge in [-0.15, -0.1) is 0 Å². The molecule has 0 radical (unpaired) electrons. The highest BCUT2D eigenvalue weighted by atomic mass is 35.5. The molecule has 1 aliphatic rings. The molecule has 5 nitrogen and oxygen atoms in total. The number of hydrogen-bond donors (Lipinski definition) is 1. The van der Waals surface area contributed by atoms with E-state index in [0.717, 1.165) is 16.4 Å². The molecule has 0 aromatic heterocycles. The minimum atomic E-state index is -0.275. The van der Waals surface area contributed by atoms with Crippen LogP contribution in [0, 0.1) is 0 Å². The fourth-order valence-electron chi connectivity index (χ4n) is 2.36. The highest BCUT2D eigenvalue weighted by Gasteiger charge is 2.24.